The van der Waals surface area contributed by atoms with Crippen LogP contribution in [0.1, 0.15) is 22.2 Å². The van der Waals surface area contributed by atoms with Crippen LogP contribution in [0.4, 0.5) is 0 Å². The van der Waals surface area contributed by atoms with Gasteiger partial charge in [0.2, 0.25) is 0 Å². The van der Waals surface area contributed by atoms with Crippen molar-refractivity contribution in [3.05, 3.63) is 29.8 Å². The number of aromatic hydroxyl groups is 1. The lowest BCUT2D eigenvalue weighted by molar-refractivity contribution is 0.475. The maximum absolute atomic E-state index is 9.04. The predicted molar refractivity (Wildman–Crippen MR) is 46.6 cm³/mol. The maximum Gasteiger partial charge on any atom is 0.115 e. The van der Waals surface area contributed by atoms with Gasteiger partial charge < -0.3 is 5.11 Å². The molecule has 60 valence electrons. The van der Waals surface area contributed by atoms with Crippen LogP contribution < -0.4 is 0 Å². The Balaban J connectivity index is 3.01. The highest BCUT2D eigenvalue weighted by atomic mass is 16.3. The van der Waals surface area contributed by atoms with Crippen LogP contribution in [0.2, 0.25) is 0 Å². The highest BCUT2D eigenvalue weighted by Crippen LogP contribution is 2.12. The molecule has 0 atom stereocenters. The first-order valence-corrected chi connectivity index (χ1v) is 3.74. The van der Waals surface area contributed by atoms with E-state index in [0.29, 0.717) is 5.56 Å². The van der Waals surface area contributed by atoms with Gasteiger partial charge in [-0.25, -0.2) is 0 Å². The van der Waals surface area contributed by atoms with Crippen LogP contribution in [-0.2, 0) is 6.37 Å². The number of benzene rings is 1. The standard InChI is InChI=1S/C10H14O/c1-8(2)7-9-3-5-10(11)6-4-9/h3-6,8,11H,7H2,1-2H3/i7D2. The minimum Gasteiger partial charge on any atom is -0.508 e. The van der Waals surface area contributed by atoms with E-state index in [1.807, 2.05) is 13.8 Å². The average molecular weight is 152 g/mol. The molecule has 11 heavy (non-hydrogen) atoms. The van der Waals surface area contributed by atoms with Crippen LogP contribution in [0.5, 0.6) is 5.75 Å². The van der Waals surface area contributed by atoms with Gasteiger partial charge in [-0.3, -0.25) is 0 Å². The SMILES string of the molecule is [2H]C([2H])(c1ccc(O)cc1)C(C)C. The molecule has 0 amide bonds. The normalized spacial score (nSPS) is 14.5. The van der Waals surface area contributed by atoms with Crippen molar-refractivity contribution >= 4 is 0 Å². The molecular weight excluding hydrogens is 136 g/mol. The van der Waals surface area contributed by atoms with Crippen molar-refractivity contribution < 1.29 is 7.85 Å². The van der Waals surface area contributed by atoms with Gasteiger partial charge in [0.25, 0.3) is 0 Å². The van der Waals surface area contributed by atoms with Gasteiger partial charge in [-0.05, 0) is 30.0 Å². The van der Waals surface area contributed by atoms with Crippen molar-refractivity contribution in [2.75, 3.05) is 0 Å². The van der Waals surface area contributed by atoms with E-state index in [9.17, 15) is 0 Å². The first kappa shape index (κ1) is 5.64. The van der Waals surface area contributed by atoms with E-state index in [-0.39, 0.29) is 11.7 Å². The predicted octanol–water partition coefficient (Wildman–Crippen LogP) is 2.59. The van der Waals surface area contributed by atoms with Gasteiger partial charge in [-0.2, -0.15) is 0 Å². The molecule has 0 bridgehead atoms. The van der Waals surface area contributed by atoms with Crippen molar-refractivity contribution in [1.82, 2.24) is 0 Å². The summed E-state index contributed by atoms with van der Waals surface area (Å²) < 4.78 is 15.6. The van der Waals surface area contributed by atoms with Crippen molar-refractivity contribution in [1.29, 1.82) is 0 Å². The van der Waals surface area contributed by atoms with Crippen LogP contribution in [0, 0.1) is 5.92 Å². The fourth-order valence-corrected chi connectivity index (χ4v) is 0.891. The average Bonchev–Trinajstić information content (AvgIpc) is 2.04. The lowest BCUT2D eigenvalue weighted by atomic mass is 10.0. The number of phenolic OH excluding ortho intramolecular Hbond substituents is 1. The summed E-state index contributed by atoms with van der Waals surface area (Å²) in [7, 11) is 0. The maximum atomic E-state index is 9.04. The van der Waals surface area contributed by atoms with E-state index >= 15 is 0 Å². The third-order valence-electron chi connectivity index (χ3n) is 1.32. The highest BCUT2D eigenvalue weighted by Gasteiger charge is 1.96. The summed E-state index contributed by atoms with van der Waals surface area (Å²) >= 11 is 0. The van der Waals surface area contributed by atoms with E-state index in [4.69, 9.17) is 7.85 Å². The third-order valence-corrected chi connectivity index (χ3v) is 1.32. The molecule has 0 aromatic heterocycles. The molecule has 1 rings (SSSR count). The first-order chi connectivity index (χ1) is 5.94. The summed E-state index contributed by atoms with van der Waals surface area (Å²) in [5.74, 6) is 0.0975. The van der Waals surface area contributed by atoms with E-state index < -0.39 is 6.37 Å². The molecule has 0 heterocycles. The highest BCUT2D eigenvalue weighted by molar-refractivity contribution is 5.25. The van der Waals surface area contributed by atoms with Gasteiger partial charge in [0, 0.05) is 2.74 Å². The summed E-state index contributed by atoms with van der Waals surface area (Å²) in [6.45, 7) is 3.68. The summed E-state index contributed by atoms with van der Waals surface area (Å²) in [5.41, 5.74) is 0.611. The monoisotopic (exact) mass is 152 g/mol. The molecule has 0 aliphatic heterocycles. The molecule has 0 saturated heterocycles. The number of phenols is 1. The van der Waals surface area contributed by atoms with E-state index in [2.05, 4.69) is 0 Å². The zero-order valence-corrected chi connectivity index (χ0v) is 6.83. The van der Waals surface area contributed by atoms with Crippen LogP contribution in [-0.4, -0.2) is 5.11 Å². The van der Waals surface area contributed by atoms with Gasteiger partial charge in [0.1, 0.15) is 5.75 Å². The Morgan fingerprint density at radius 1 is 1.36 bits per heavy atom. The van der Waals surface area contributed by atoms with Gasteiger partial charge in [0.05, 0.1) is 0 Å². The molecular formula is C10H14O. The number of hydrogen-bond acceptors (Lipinski definition) is 1. The van der Waals surface area contributed by atoms with E-state index in [1.54, 1.807) is 12.1 Å². The smallest absolute Gasteiger partial charge is 0.115 e. The van der Waals surface area contributed by atoms with E-state index in [1.165, 1.54) is 12.1 Å². The quantitative estimate of drug-likeness (QED) is 0.690. The van der Waals surface area contributed by atoms with Gasteiger partial charge in [-0.1, -0.05) is 26.0 Å². The van der Waals surface area contributed by atoms with Gasteiger partial charge in [-0.15, -0.1) is 0 Å². The molecule has 0 radical (unpaired) electrons. The van der Waals surface area contributed by atoms with Crippen LogP contribution in [0.3, 0.4) is 0 Å². The molecule has 0 spiro atoms. The third kappa shape index (κ3) is 2.62. The fraction of sp³-hybridized carbons (Fsp3) is 0.400. The topological polar surface area (TPSA) is 20.2 Å². The van der Waals surface area contributed by atoms with Gasteiger partial charge >= 0.3 is 0 Å². The lowest BCUT2D eigenvalue weighted by Gasteiger charge is -2.03. The lowest BCUT2D eigenvalue weighted by Crippen LogP contribution is -1.92. The Kier molecular flexibility index (Phi) is 1.76. The second-order valence-corrected chi connectivity index (χ2v) is 2.85. The Morgan fingerprint density at radius 3 is 2.36 bits per heavy atom. The number of hydrogen-bond donors (Lipinski definition) is 1. The summed E-state index contributed by atoms with van der Waals surface area (Å²) in [5, 5.41) is 9.04. The van der Waals surface area contributed by atoms with Crippen LogP contribution >= 0.6 is 0 Å². The molecule has 1 aromatic rings. The molecule has 1 N–H and O–H groups in total. The Labute approximate surface area is 70.5 Å². The van der Waals surface area contributed by atoms with Crippen molar-refractivity contribution in [2.24, 2.45) is 5.92 Å². The molecule has 0 aliphatic carbocycles. The van der Waals surface area contributed by atoms with Crippen molar-refractivity contribution in [3.63, 3.8) is 0 Å². The van der Waals surface area contributed by atoms with Crippen LogP contribution in [0.15, 0.2) is 24.3 Å². The van der Waals surface area contributed by atoms with Crippen LogP contribution in [0.25, 0.3) is 0 Å². The summed E-state index contributed by atoms with van der Waals surface area (Å²) in [6, 6.07) is 6.26. The summed E-state index contributed by atoms with van der Waals surface area (Å²) in [6.07, 6.45) is -1.33. The minimum absolute atomic E-state index is 0.0722. The summed E-state index contributed by atoms with van der Waals surface area (Å²) in [4.78, 5) is 0. The second kappa shape index (κ2) is 3.42. The fourth-order valence-electron chi connectivity index (χ4n) is 0.891. The minimum atomic E-state index is -1.33. The van der Waals surface area contributed by atoms with Crippen molar-refractivity contribution in [2.45, 2.75) is 20.2 Å². The first-order valence-electron chi connectivity index (χ1n) is 4.74. The largest absolute Gasteiger partial charge is 0.508 e. The van der Waals surface area contributed by atoms with Crippen molar-refractivity contribution in [3.8, 4) is 5.75 Å². The molecule has 0 aliphatic rings. The van der Waals surface area contributed by atoms with E-state index in [0.717, 1.165) is 0 Å². The molecule has 0 fully saturated rings. The molecule has 0 saturated carbocycles. The molecule has 0 unspecified atom stereocenters. The molecule has 1 nitrogen and oxygen atoms in total. The Bertz CT molecular complexity index is 277. The number of rotatable bonds is 2. The molecule has 1 heteroatoms. The molecule has 1 aromatic carbocycles. The Hall–Kier alpha value is -0.980. The van der Waals surface area contributed by atoms with Gasteiger partial charge in [0.15, 0.2) is 0 Å². The Morgan fingerprint density at radius 2 is 1.91 bits per heavy atom. The zero-order valence-electron chi connectivity index (χ0n) is 8.83. The zero-order chi connectivity index (χ0) is 10.1. The second-order valence-electron chi connectivity index (χ2n) is 2.85.